The highest BCUT2D eigenvalue weighted by atomic mass is 16.5. The molecule has 0 amide bonds. The molecule has 4 aliphatic rings. The van der Waals surface area contributed by atoms with E-state index in [4.69, 9.17) is 4.74 Å². The van der Waals surface area contributed by atoms with E-state index in [0.717, 1.165) is 37.9 Å². The molecule has 0 saturated heterocycles. The Bertz CT molecular complexity index is 2510. The third-order valence-corrected chi connectivity index (χ3v) is 13.5. The van der Waals surface area contributed by atoms with Gasteiger partial charge in [-0.05, 0) is 139 Å². The Morgan fingerprint density at radius 2 is 1.25 bits per heavy atom. The molecule has 0 radical (unpaired) electrons. The average Bonchev–Trinajstić information content (AvgIpc) is 3.61. The van der Waals surface area contributed by atoms with Gasteiger partial charge in [0.05, 0.1) is 5.41 Å². The summed E-state index contributed by atoms with van der Waals surface area (Å²) >= 11 is 0. The Hall–Kier alpha value is -4.88. The zero-order chi connectivity index (χ0) is 36.2. The Morgan fingerprint density at radius 1 is 0.585 bits per heavy atom. The van der Waals surface area contributed by atoms with Gasteiger partial charge >= 0.3 is 0 Å². The van der Waals surface area contributed by atoms with Crippen LogP contribution >= 0.6 is 0 Å². The number of ether oxygens (including phenoxy) is 1. The molecule has 0 fully saturated rings. The topological polar surface area (TPSA) is 9.23 Å². The minimum atomic E-state index is -0.709. The molecule has 2 spiro atoms. The fourth-order valence-electron chi connectivity index (χ4n) is 11.2. The van der Waals surface area contributed by atoms with Gasteiger partial charge in [-0.15, -0.1) is 0 Å². The Kier molecular flexibility index (Phi) is 7.30. The van der Waals surface area contributed by atoms with Crippen LogP contribution in [0.5, 0.6) is 0 Å². The van der Waals surface area contributed by atoms with Crippen molar-refractivity contribution >= 4 is 21.5 Å². The highest BCUT2D eigenvalue weighted by molar-refractivity contribution is 6.15. The molecule has 1 atom stereocenters. The molecule has 0 bridgehead atoms. The molecule has 3 aliphatic carbocycles. The van der Waals surface area contributed by atoms with Crippen molar-refractivity contribution in [3.63, 3.8) is 0 Å². The first-order chi connectivity index (χ1) is 25.9. The van der Waals surface area contributed by atoms with Crippen LogP contribution in [-0.4, -0.2) is 0 Å². The molecular weight excluding hydrogens is 641 g/mol. The van der Waals surface area contributed by atoms with Crippen LogP contribution in [0.3, 0.4) is 0 Å². The summed E-state index contributed by atoms with van der Waals surface area (Å²) in [5.41, 5.74) is 15.4. The normalized spacial score (nSPS) is 18.4. The van der Waals surface area contributed by atoms with Crippen molar-refractivity contribution < 1.29 is 4.74 Å². The molecule has 6 aromatic carbocycles. The minimum absolute atomic E-state index is 0.372. The molecule has 6 aromatic rings. The monoisotopic (exact) mass is 690 g/mol. The van der Waals surface area contributed by atoms with Gasteiger partial charge in [-0.25, -0.2) is 0 Å². The summed E-state index contributed by atoms with van der Waals surface area (Å²) in [7, 11) is 0. The zero-order valence-electron chi connectivity index (χ0n) is 32.1. The largest absolute Gasteiger partial charge is 0.478 e. The van der Waals surface area contributed by atoms with Crippen LogP contribution in [0.2, 0.25) is 0 Å². The van der Waals surface area contributed by atoms with Crippen molar-refractivity contribution in [1.29, 1.82) is 0 Å². The summed E-state index contributed by atoms with van der Waals surface area (Å²) in [5.74, 6) is 2.58. The molecular formula is C52H50O. The van der Waals surface area contributed by atoms with Crippen LogP contribution in [0.25, 0.3) is 43.8 Å². The van der Waals surface area contributed by atoms with E-state index in [1.165, 1.54) is 88.3 Å². The second-order valence-corrected chi connectivity index (χ2v) is 16.6. The van der Waals surface area contributed by atoms with Crippen LogP contribution in [0.1, 0.15) is 106 Å². The molecule has 10 rings (SSSR count). The fourth-order valence-corrected chi connectivity index (χ4v) is 11.2. The minimum Gasteiger partial charge on any atom is -0.478 e. The van der Waals surface area contributed by atoms with Gasteiger partial charge in [0.1, 0.15) is 5.76 Å². The molecule has 0 saturated carbocycles. The second kappa shape index (κ2) is 11.8. The standard InChI is InChI=1S/C52H50O/c1-7-33(8-2)37-29-46(34(9-3)10-4)53-51(30-37)43-25-24-35-16-15-21-44-47(35)48(43)49-45(51)28-36-23-22-32(26-31(5)6)27-40(36)50(49)52(44)41-19-13-11-17-38(41)39-18-12-14-20-42(39)52/h11-25,27-31,33-34H,7-10,26H2,1-6H3. The Balaban J connectivity index is 1.43. The number of allylic oxidation sites excluding steroid dienone is 3. The van der Waals surface area contributed by atoms with Gasteiger partial charge < -0.3 is 4.74 Å². The predicted molar refractivity (Wildman–Crippen MR) is 222 cm³/mol. The van der Waals surface area contributed by atoms with E-state index < -0.39 is 11.0 Å². The molecule has 1 aliphatic heterocycles. The van der Waals surface area contributed by atoms with Crippen molar-refractivity contribution in [2.75, 3.05) is 0 Å². The summed E-state index contributed by atoms with van der Waals surface area (Å²) in [6.07, 6.45) is 10.4. The SMILES string of the molecule is CCC(CC)C1=CC2(OC(C(CC)CC)=C1)c1cc3ccc(CC(C)C)cc3c3c1-c1c2ccc2cccc(c12)C31c2ccccc2-c2ccccc21. The fraction of sp³-hybridized carbons (Fsp3) is 0.308. The first-order valence-corrected chi connectivity index (χ1v) is 20.4. The summed E-state index contributed by atoms with van der Waals surface area (Å²) in [6, 6.07) is 40.3. The van der Waals surface area contributed by atoms with Crippen molar-refractivity contribution in [3.8, 4) is 22.3 Å². The van der Waals surface area contributed by atoms with E-state index in [1.807, 2.05) is 0 Å². The average molecular weight is 691 g/mol. The van der Waals surface area contributed by atoms with Crippen LogP contribution < -0.4 is 0 Å². The molecule has 1 heteroatoms. The highest BCUT2D eigenvalue weighted by Crippen LogP contribution is 2.68. The van der Waals surface area contributed by atoms with Crippen LogP contribution in [0.4, 0.5) is 0 Å². The smallest absolute Gasteiger partial charge is 0.179 e. The van der Waals surface area contributed by atoms with Crippen LogP contribution in [-0.2, 0) is 22.2 Å². The number of hydrogen-bond donors (Lipinski definition) is 0. The van der Waals surface area contributed by atoms with Crippen LogP contribution in [0.15, 0.2) is 127 Å². The lowest BCUT2D eigenvalue weighted by Gasteiger charge is -2.41. The lowest BCUT2D eigenvalue weighted by atomic mass is 9.60. The van der Waals surface area contributed by atoms with Crippen molar-refractivity contribution in [1.82, 2.24) is 0 Å². The zero-order valence-corrected chi connectivity index (χ0v) is 32.1. The third kappa shape index (κ3) is 4.20. The van der Waals surface area contributed by atoms with Gasteiger partial charge in [-0.1, -0.05) is 139 Å². The van der Waals surface area contributed by atoms with Gasteiger partial charge in [-0.2, -0.15) is 0 Å². The van der Waals surface area contributed by atoms with E-state index >= 15 is 0 Å². The molecule has 1 nitrogen and oxygen atoms in total. The van der Waals surface area contributed by atoms with E-state index in [-0.39, 0.29) is 0 Å². The number of fused-ring (bicyclic) bond motifs is 11. The van der Waals surface area contributed by atoms with E-state index in [0.29, 0.717) is 17.8 Å². The maximum Gasteiger partial charge on any atom is 0.179 e. The van der Waals surface area contributed by atoms with Gasteiger partial charge in [0.25, 0.3) is 0 Å². The molecule has 264 valence electrons. The maximum absolute atomic E-state index is 7.73. The van der Waals surface area contributed by atoms with E-state index in [1.54, 1.807) is 0 Å². The third-order valence-electron chi connectivity index (χ3n) is 13.5. The first kappa shape index (κ1) is 32.7. The highest BCUT2D eigenvalue weighted by Gasteiger charge is 2.57. The van der Waals surface area contributed by atoms with Crippen molar-refractivity contribution in [2.45, 2.75) is 84.7 Å². The van der Waals surface area contributed by atoms with Gasteiger partial charge in [0.2, 0.25) is 0 Å². The van der Waals surface area contributed by atoms with Crippen LogP contribution in [0, 0.1) is 17.8 Å². The lowest BCUT2D eigenvalue weighted by Crippen LogP contribution is -2.33. The number of rotatable bonds is 8. The Labute approximate surface area is 315 Å². The van der Waals surface area contributed by atoms with E-state index in [9.17, 15) is 0 Å². The quantitative estimate of drug-likeness (QED) is 0.154. The number of benzene rings is 6. The molecule has 0 N–H and O–H groups in total. The predicted octanol–water partition coefficient (Wildman–Crippen LogP) is 13.8. The molecule has 1 heterocycles. The van der Waals surface area contributed by atoms with E-state index in [2.05, 4.69) is 157 Å². The first-order valence-electron chi connectivity index (χ1n) is 20.4. The van der Waals surface area contributed by atoms with Gasteiger partial charge in [0.15, 0.2) is 5.60 Å². The maximum atomic E-state index is 7.73. The summed E-state index contributed by atoms with van der Waals surface area (Å²) in [6.45, 7) is 14.0. The second-order valence-electron chi connectivity index (χ2n) is 16.6. The lowest BCUT2D eigenvalue weighted by molar-refractivity contribution is 0.0536. The summed E-state index contributed by atoms with van der Waals surface area (Å²) in [4.78, 5) is 0. The van der Waals surface area contributed by atoms with Crippen molar-refractivity contribution in [2.24, 2.45) is 17.8 Å². The summed E-state index contributed by atoms with van der Waals surface area (Å²) < 4.78 is 7.73. The number of hydrogen-bond acceptors (Lipinski definition) is 1. The molecule has 53 heavy (non-hydrogen) atoms. The summed E-state index contributed by atoms with van der Waals surface area (Å²) in [5, 5.41) is 5.37. The molecule has 1 unspecified atom stereocenters. The van der Waals surface area contributed by atoms with Crippen molar-refractivity contribution in [3.05, 3.63) is 166 Å². The van der Waals surface area contributed by atoms with Gasteiger partial charge in [0, 0.05) is 17.0 Å². The Morgan fingerprint density at radius 3 is 1.92 bits per heavy atom. The molecule has 0 aromatic heterocycles. The van der Waals surface area contributed by atoms with Gasteiger partial charge in [-0.3, -0.25) is 0 Å².